The Morgan fingerprint density at radius 3 is 2.42 bits per heavy atom. The topological polar surface area (TPSA) is 61.6 Å². The number of anilines is 1. The predicted molar refractivity (Wildman–Crippen MR) is 76.9 cm³/mol. The fourth-order valence-electron chi connectivity index (χ4n) is 2.46. The fraction of sp³-hybridized carbons (Fsp3) is 0.500. The van der Waals surface area contributed by atoms with Crippen molar-refractivity contribution in [2.24, 2.45) is 5.84 Å². The van der Waals surface area contributed by atoms with Crippen molar-refractivity contribution in [2.45, 2.75) is 18.9 Å². The van der Waals surface area contributed by atoms with Crippen LogP contribution in [0.4, 0.5) is 5.69 Å². The molecule has 1 aromatic carbocycles. The summed E-state index contributed by atoms with van der Waals surface area (Å²) in [5.41, 5.74) is 4.07. The number of hydrogen-bond acceptors (Lipinski definition) is 4. The maximum Gasteiger partial charge on any atom is 0.253 e. The van der Waals surface area contributed by atoms with Crippen LogP contribution in [0.5, 0.6) is 0 Å². The number of nitrogen functional groups attached to an aromatic ring is 1. The molecular weight excluding hydrogens is 240 g/mol. The van der Waals surface area contributed by atoms with Crippen LogP contribution in [0.2, 0.25) is 0 Å². The zero-order valence-corrected chi connectivity index (χ0v) is 11.6. The van der Waals surface area contributed by atoms with Crippen LogP contribution in [-0.2, 0) is 0 Å². The summed E-state index contributed by atoms with van der Waals surface area (Å²) in [5.74, 6) is 5.40. The molecule has 1 aliphatic rings. The third-order valence-electron chi connectivity index (χ3n) is 3.85. The molecule has 104 valence electrons. The van der Waals surface area contributed by atoms with Crippen molar-refractivity contribution in [1.29, 1.82) is 0 Å². The first kappa shape index (κ1) is 13.8. The van der Waals surface area contributed by atoms with Gasteiger partial charge >= 0.3 is 0 Å². The van der Waals surface area contributed by atoms with E-state index in [1.54, 1.807) is 0 Å². The van der Waals surface area contributed by atoms with Crippen molar-refractivity contribution in [2.75, 3.05) is 32.6 Å². The lowest BCUT2D eigenvalue weighted by Crippen LogP contribution is -2.44. The molecule has 0 bridgehead atoms. The Kier molecular flexibility index (Phi) is 4.39. The first-order valence-electron chi connectivity index (χ1n) is 6.64. The number of rotatable bonds is 3. The van der Waals surface area contributed by atoms with Crippen LogP contribution in [0.25, 0.3) is 0 Å². The van der Waals surface area contributed by atoms with Crippen LogP contribution in [0, 0.1) is 0 Å². The van der Waals surface area contributed by atoms with Crippen LogP contribution in [0.3, 0.4) is 0 Å². The van der Waals surface area contributed by atoms with Crippen molar-refractivity contribution in [1.82, 2.24) is 9.80 Å². The van der Waals surface area contributed by atoms with Gasteiger partial charge in [-0.2, -0.15) is 0 Å². The van der Waals surface area contributed by atoms with Crippen molar-refractivity contribution in [3.8, 4) is 0 Å². The number of likely N-dealkylation sites (tertiary alicyclic amines) is 1. The van der Waals surface area contributed by atoms with E-state index in [2.05, 4.69) is 17.4 Å². The Morgan fingerprint density at radius 1 is 1.32 bits per heavy atom. The molecule has 0 unspecified atom stereocenters. The Morgan fingerprint density at radius 2 is 1.89 bits per heavy atom. The third kappa shape index (κ3) is 3.24. The lowest BCUT2D eigenvalue weighted by atomic mass is 10.0. The van der Waals surface area contributed by atoms with E-state index in [4.69, 9.17) is 5.84 Å². The summed E-state index contributed by atoms with van der Waals surface area (Å²) in [4.78, 5) is 16.6. The highest BCUT2D eigenvalue weighted by Crippen LogP contribution is 2.17. The molecule has 19 heavy (non-hydrogen) atoms. The van der Waals surface area contributed by atoms with Crippen molar-refractivity contribution < 1.29 is 4.79 Å². The molecule has 5 heteroatoms. The maximum absolute atomic E-state index is 12.4. The number of nitrogens with one attached hydrogen (secondary N) is 1. The Balaban J connectivity index is 2.01. The number of amides is 1. The summed E-state index contributed by atoms with van der Waals surface area (Å²) < 4.78 is 0. The SMILES string of the molecule is CN1CCC(N(C)C(=O)c2ccc(NN)cc2)CC1. The largest absolute Gasteiger partial charge is 0.339 e. The minimum absolute atomic E-state index is 0.0816. The second-order valence-corrected chi connectivity index (χ2v) is 5.17. The molecule has 0 spiro atoms. The highest BCUT2D eigenvalue weighted by molar-refractivity contribution is 5.94. The maximum atomic E-state index is 12.4. The van der Waals surface area contributed by atoms with Crippen LogP contribution < -0.4 is 11.3 Å². The van der Waals surface area contributed by atoms with Gasteiger partial charge in [-0.3, -0.25) is 10.6 Å². The van der Waals surface area contributed by atoms with Gasteiger partial charge in [-0.05, 0) is 57.2 Å². The second kappa shape index (κ2) is 6.04. The Hall–Kier alpha value is -1.59. The van der Waals surface area contributed by atoms with Crippen molar-refractivity contribution in [3.63, 3.8) is 0 Å². The number of carbonyl (C=O) groups is 1. The van der Waals surface area contributed by atoms with Crippen LogP contribution in [0.15, 0.2) is 24.3 Å². The average molecular weight is 262 g/mol. The molecule has 1 heterocycles. The van der Waals surface area contributed by atoms with E-state index in [0.29, 0.717) is 11.6 Å². The number of piperidine rings is 1. The van der Waals surface area contributed by atoms with Gasteiger partial charge in [0.25, 0.3) is 5.91 Å². The normalized spacial score (nSPS) is 17.2. The minimum atomic E-state index is 0.0816. The van der Waals surface area contributed by atoms with Gasteiger partial charge in [0.2, 0.25) is 0 Å². The van der Waals surface area contributed by atoms with E-state index in [-0.39, 0.29) is 5.91 Å². The molecule has 0 atom stereocenters. The third-order valence-corrected chi connectivity index (χ3v) is 3.85. The molecule has 0 saturated carbocycles. The monoisotopic (exact) mass is 262 g/mol. The number of carbonyl (C=O) groups excluding carboxylic acids is 1. The second-order valence-electron chi connectivity index (χ2n) is 5.17. The summed E-state index contributed by atoms with van der Waals surface area (Å²) in [5, 5.41) is 0. The van der Waals surface area contributed by atoms with E-state index in [1.807, 2.05) is 36.2 Å². The van der Waals surface area contributed by atoms with Crippen LogP contribution >= 0.6 is 0 Å². The molecule has 1 amide bonds. The summed E-state index contributed by atoms with van der Waals surface area (Å²) in [6, 6.07) is 7.59. The molecule has 3 N–H and O–H groups in total. The van der Waals surface area contributed by atoms with Crippen LogP contribution in [0.1, 0.15) is 23.2 Å². The van der Waals surface area contributed by atoms with Gasteiger partial charge in [-0.1, -0.05) is 0 Å². The van der Waals surface area contributed by atoms with Crippen molar-refractivity contribution in [3.05, 3.63) is 29.8 Å². The Labute approximate surface area is 114 Å². The number of nitrogens with zero attached hydrogens (tertiary/aromatic N) is 2. The highest BCUT2D eigenvalue weighted by Gasteiger charge is 2.24. The molecule has 1 fully saturated rings. The molecule has 1 aliphatic heterocycles. The fourth-order valence-corrected chi connectivity index (χ4v) is 2.46. The number of benzene rings is 1. The number of hydrazine groups is 1. The lowest BCUT2D eigenvalue weighted by Gasteiger charge is -2.35. The van der Waals surface area contributed by atoms with Gasteiger partial charge in [0, 0.05) is 24.3 Å². The van der Waals surface area contributed by atoms with Gasteiger partial charge < -0.3 is 15.2 Å². The molecule has 5 nitrogen and oxygen atoms in total. The molecule has 0 aliphatic carbocycles. The molecule has 1 saturated heterocycles. The lowest BCUT2D eigenvalue weighted by molar-refractivity contribution is 0.0659. The quantitative estimate of drug-likeness (QED) is 0.633. The highest BCUT2D eigenvalue weighted by atomic mass is 16.2. The zero-order valence-electron chi connectivity index (χ0n) is 11.6. The van der Waals surface area contributed by atoms with E-state index in [0.717, 1.165) is 31.6 Å². The van der Waals surface area contributed by atoms with E-state index < -0.39 is 0 Å². The summed E-state index contributed by atoms with van der Waals surface area (Å²) in [6.07, 6.45) is 2.09. The zero-order chi connectivity index (χ0) is 13.8. The standard InChI is InChI=1S/C14H22N4O/c1-17-9-7-13(8-10-17)18(2)14(19)11-3-5-12(16-15)6-4-11/h3-6,13,16H,7-10,15H2,1-2H3. The summed E-state index contributed by atoms with van der Waals surface area (Å²) >= 11 is 0. The van der Waals surface area contributed by atoms with Gasteiger partial charge in [0.1, 0.15) is 0 Å². The average Bonchev–Trinajstić information content (AvgIpc) is 2.46. The molecule has 2 rings (SSSR count). The summed E-state index contributed by atoms with van der Waals surface area (Å²) in [7, 11) is 4.02. The molecule has 0 radical (unpaired) electrons. The summed E-state index contributed by atoms with van der Waals surface area (Å²) in [6.45, 7) is 2.11. The predicted octanol–water partition coefficient (Wildman–Crippen LogP) is 1.14. The van der Waals surface area contributed by atoms with Crippen molar-refractivity contribution >= 4 is 11.6 Å². The first-order valence-corrected chi connectivity index (χ1v) is 6.64. The smallest absolute Gasteiger partial charge is 0.253 e. The van der Waals surface area contributed by atoms with Gasteiger partial charge in [0.05, 0.1) is 0 Å². The number of nitrogens with two attached hydrogens (primary N) is 1. The van der Waals surface area contributed by atoms with Gasteiger partial charge in [-0.25, -0.2) is 0 Å². The number of hydrogen-bond donors (Lipinski definition) is 2. The molecule has 0 aromatic heterocycles. The molecular formula is C14H22N4O. The Bertz CT molecular complexity index is 424. The molecule has 1 aromatic rings. The first-order chi connectivity index (χ1) is 9.11. The van der Waals surface area contributed by atoms with E-state index >= 15 is 0 Å². The van der Waals surface area contributed by atoms with Gasteiger partial charge in [-0.15, -0.1) is 0 Å². The van der Waals surface area contributed by atoms with E-state index in [9.17, 15) is 4.79 Å². The van der Waals surface area contributed by atoms with Crippen LogP contribution in [-0.4, -0.2) is 48.9 Å². The van der Waals surface area contributed by atoms with E-state index in [1.165, 1.54) is 0 Å². The van der Waals surface area contributed by atoms with Gasteiger partial charge in [0.15, 0.2) is 0 Å². The minimum Gasteiger partial charge on any atom is -0.339 e.